The van der Waals surface area contributed by atoms with Gasteiger partial charge in [0, 0.05) is 18.4 Å². The van der Waals surface area contributed by atoms with Crippen LogP contribution in [0, 0.1) is 5.92 Å². The summed E-state index contributed by atoms with van der Waals surface area (Å²) in [6, 6.07) is 0. The van der Waals surface area contributed by atoms with Crippen molar-refractivity contribution in [2.45, 2.75) is 44.8 Å². The van der Waals surface area contributed by atoms with E-state index in [0.29, 0.717) is 6.10 Å². The lowest BCUT2D eigenvalue weighted by Crippen LogP contribution is -2.32. The summed E-state index contributed by atoms with van der Waals surface area (Å²) in [7, 11) is 0. The molecule has 15 heavy (non-hydrogen) atoms. The molecule has 2 atom stereocenters. The zero-order chi connectivity index (χ0) is 10.9. The first-order chi connectivity index (χ1) is 7.09. The minimum absolute atomic E-state index is 0.124. The summed E-state index contributed by atoms with van der Waals surface area (Å²) in [5.74, 6) is 0.861. The van der Waals surface area contributed by atoms with Gasteiger partial charge in [-0.1, -0.05) is 15.9 Å². The Morgan fingerprint density at radius 3 is 2.73 bits per heavy atom. The zero-order valence-electron chi connectivity index (χ0n) is 9.84. The van der Waals surface area contributed by atoms with Crippen molar-refractivity contribution >= 4 is 15.9 Å². The van der Waals surface area contributed by atoms with Gasteiger partial charge in [0.05, 0.1) is 11.7 Å². The Kier molecular flexibility index (Phi) is 3.74. The van der Waals surface area contributed by atoms with E-state index in [1.807, 2.05) is 0 Å². The van der Waals surface area contributed by atoms with Crippen LogP contribution in [0.4, 0.5) is 0 Å². The molecular formula is C12H22BrNO. The van der Waals surface area contributed by atoms with Gasteiger partial charge in [-0.15, -0.1) is 0 Å². The van der Waals surface area contributed by atoms with Gasteiger partial charge in [0.15, 0.2) is 0 Å². The predicted octanol–water partition coefficient (Wildman–Crippen LogP) is 2.66. The summed E-state index contributed by atoms with van der Waals surface area (Å²) in [5, 5.41) is 1.15. The van der Waals surface area contributed by atoms with E-state index in [2.05, 4.69) is 34.7 Å². The second-order valence-electron chi connectivity index (χ2n) is 5.61. The molecule has 0 aromatic carbocycles. The molecule has 88 valence electrons. The van der Waals surface area contributed by atoms with Gasteiger partial charge in [-0.3, -0.25) is 0 Å². The molecule has 0 saturated carbocycles. The first-order valence-electron chi connectivity index (χ1n) is 6.05. The molecule has 0 amide bonds. The number of ether oxygens (including phenoxy) is 1. The van der Waals surface area contributed by atoms with Gasteiger partial charge >= 0.3 is 0 Å². The number of likely N-dealkylation sites (tertiary alicyclic amines) is 1. The fourth-order valence-electron chi connectivity index (χ4n) is 2.70. The molecule has 2 aliphatic heterocycles. The third-order valence-electron chi connectivity index (χ3n) is 3.60. The smallest absolute Gasteiger partial charge is 0.0710 e. The lowest BCUT2D eigenvalue weighted by Gasteiger charge is -2.23. The Balaban J connectivity index is 1.74. The van der Waals surface area contributed by atoms with E-state index in [-0.39, 0.29) is 5.60 Å². The van der Waals surface area contributed by atoms with Crippen LogP contribution in [0.3, 0.4) is 0 Å². The maximum absolute atomic E-state index is 6.03. The summed E-state index contributed by atoms with van der Waals surface area (Å²) in [5.41, 5.74) is 0.124. The summed E-state index contributed by atoms with van der Waals surface area (Å²) < 4.78 is 6.03. The highest BCUT2D eigenvalue weighted by Gasteiger charge is 2.33. The summed E-state index contributed by atoms with van der Waals surface area (Å²) in [6.45, 7) is 8.07. The number of nitrogens with zero attached hydrogens (tertiary/aromatic N) is 1. The van der Waals surface area contributed by atoms with Crippen LogP contribution in [-0.4, -0.2) is 41.6 Å². The molecule has 0 aliphatic carbocycles. The van der Waals surface area contributed by atoms with E-state index in [4.69, 9.17) is 4.74 Å². The minimum Gasteiger partial charge on any atom is -0.371 e. The number of rotatable bonds is 3. The van der Waals surface area contributed by atoms with Gasteiger partial charge in [0.1, 0.15) is 0 Å². The molecule has 2 heterocycles. The molecular weight excluding hydrogens is 254 g/mol. The third-order valence-corrected chi connectivity index (χ3v) is 4.52. The Morgan fingerprint density at radius 2 is 2.20 bits per heavy atom. The van der Waals surface area contributed by atoms with E-state index < -0.39 is 0 Å². The Morgan fingerprint density at radius 1 is 1.40 bits per heavy atom. The van der Waals surface area contributed by atoms with E-state index in [0.717, 1.165) is 17.8 Å². The van der Waals surface area contributed by atoms with E-state index >= 15 is 0 Å². The SMILES string of the molecule is CC1(C)CCC(CN2CCC(CBr)C2)O1. The molecule has 0 radical (unpaired) electrons. The van der Waals surface area contributed by atoms with Gasteiger partial charge < -0.3 is 9.64 Å². The van der Waals surface area contributed by atoms with Crippen LogP contribution in [0.1, 0.15) is 33.1 Å². The van der Waals surface area contributed by atoms with E-state index in [1.165, 1.54) is 32.4 Å². The summed E-state index contributed by atoms with van der Waals surface area (Å²) in [4.78, 5) is 2.57. The van der Waals surface area contributed by atoms with Gasteiger partial charge in [0.2, 0.25) is 0 Å². The van der Waals surface area contributed by atoms with Crippen LogP contribution in [0.25, 0.3) is 0 Å². The van der Waals surface area contributed by atoms with E-state index in [1.54, 1.807) is 0 Å². The van der Waals surface area contributed by atoms with Crippen molar-refractivity contribution in [3.05, 3.63) is 0 Å². The Hall–Kier alpha value is 0.400. The van der Waals surface area contributed by atoms with Gasteiger partial charge in [0.25, 0.3) is 0 Å². The predicted molar refractivity (Wildman–Crippen MR) is 66.5 cm³/mol. The third kappa shape index (κ3) is 3.18. The van der Waals surface area contributed by atoms with Crippen LogP contribution in [0.15, 0.2) is 0 Å². The molecule has 2 aliphatic rings. The summed E-state index contributed by atoms with van der Waals surface area (Å²) >= 11 is 3.58. The average Bonchev–Trinajstić information content (AvgIpc) is 2.73. The lowest BCUT2D eigenvalue weighted by molar-refractivity contribution is -0.0264. The molecule has 0 aromatic rings. The standard InChI is InChI=1S/C12H22BrNO/c1-12(2)5-3-11(15-12)9-14-6-4-10(7-13)8-14/h10-11H,3-9H2,1-2H3. The molecule has 0 aromatic heterocycles. The number of halogens is 1. The van der Waals surface area contributed by atoms with Crippen molar-refractivity contribution in [3.8, 4) is 0 Å². The highest BCUT2D eigenvalue weighted by atomic mass is 79.9. The normalized spacial score (nSPS) is 36.2. The highest BCUT2D eigenvalue weighted by Crippen LogP contribution is 2.30. The van der Waals surface area contributed by atoms with Crippen LogP contribution < -0.4 is 0 Å². The molecule has 2 unspecified atom stereocenters. The number of alkyl halides is 1. The quantitative estimate of drug-likeness (QED) is 0.735. The van der Waals surface area contributed by atoms with Gasteiger partial charge in [-0.05, 0) is 45.6 Å². The van der Waals surface area contributed by atoms with Crippen LogP contribution in [0.5, 0.6) is 0 Å². The highest BCUT2D eigenvalue weighted by molar-refractivity contribution is 9.09. The molecule has 0 N–H and O–H groups in total. The van der Waals surface area contributed by atoms with Crippen LogP contribution in [-0.2, 0) is 4.74 Å². The second kappa shape index (κ2) is 4.72. The van der Waals surface area contributed by atoms with Crippen molar-refractivity contribution in [3.63, 3.8) is 0 Å². The Bertz CT molecular complexity index is 220. The summed E-state index contributed by atoms with van der Waals surface area (Å²) in [6.07, 6.45) is 4.28. The topological polar surface area (TPSA) is 12.5 Å². The van der Waals surface area contributed by atoms with Crippen molar-refractivity contribution in [1.29, 1.82) is 0 Å². The van der Waals surface area contributed by atoms with Crippen LogP contribution >= 0.6 is 15.9 Å². The van der Waals surface area contributed by atoms with Gasteiger partial charge in [-0.25, -0.2) is 0 Å². The molecule has 0 spiro atoms. The van der Waals surface area contributed by atoms with Crippen molar-refractivity contribution in [1.82, 2.24) is 4.90 Å². The van der Waals surface area contributed by atoms with Crippen LogP contribution in [0.2, 0.25) is 0 Å². The second-order valence-corrected chi connectivity index (χ2v) is 6.25. The maximum atomic E-state index is 6.03. The molecule has 2 fully saturated rings. The molecule has 2 nitrogen and oxygen atoms in total. The molecule has 2 rings (SSSR count). The Labute approximate surface area is 101 Å². The monoisotopic (exact) mass is 275 g/mol. The first-order valence-corrected chi connectivity index (χ1v) is 7.17. The largest absolute Gasteiger partial charge is 0.371 e. The lowest BCUT2D eigenvalue weighted by atomic mass is 10.1. The zero-order valence-corrected chi connectivity index (χ0v) is 11.4. The minimum atomic E-state index is 0.124. The number of hydrogen-bond donors (Lipinski definition) is 0. The van der Waals surface area contributed by atoms with E-state index in [9.17, 15) is 0 Å². The molecule has 2 saturated heterocycles. The van der Waals surface area contributed by atoms with Crippen molar-refractivity contribution in [2.75, 3.05) is 25.0 Å². The average molecular weight is 276 g/mol. The molecule has 0 bridgehead atoms. The fourth-order valence-corrected chi connectivity index (χ4v) is 3.23. The van der Waals surface area contributed by atoms with Gasteiger partial charge in [-0.2, -0.15) is 0 Å². The van der Waals surface area contributed by atoms with Crippen molar-refractivity contribution < 1.29 is 4.74 Å². The fraction of sp³-hybridized carbons (Fsp3) is 1.00. The first kappa shape index (κ1) is 11.9. The van der Waals surface area contributed by atoms with Crippen molar-refractivity contribution in [2.24, 2.45) is 5.92 Å². The maximum Gasteiger partial charge on any atom is 0.0710 e. The molecule has 3 heteroatoms. The number of hydrogen-bond acceptors (Lipinski definition) is 2.